The molecule has 0 aromatic rings. The molecule has 2 atom stereocenters. The van der Waals surface area contributed by atoms with Crippen LogP contribution in [0.5, 0.6) is 0 Å². The summed E-state index contributed by atoms with van der Waals surface area (Å²) in [4.78, 5) is 0. The molecule has 14 heavy (non-hydrogen) atoms. The molecule has 0 N–H and O–H groups in total. The Morgan fingerprint density at radius 2 is 1.79 bits per heavy atom. The Kier molecular flexibility index (Phi) is 2.79. The van der Waals surface area contributed by atoms with E-state index < -0.39 is 11.7 Å². The van der Waals surface area contributed by atoms with Crippen LogP contribution >= 0.6 is 0 Å². The first kappa shape index (κ1) is 11.3. The summed E-state index contributed by atoms with van der Waals surface area (Å²) in [6.45, 7) is 8.65. The minimum absolute atomic E-state index is 0.0147. The van der Waals surface area contributed by atoms with Gasteiger partial charge in [0.2, 0.25) is 0 Å². The van der Waals surface area contributed by atoms with E-state index in [1.54, 1.807) is 0 Å². The van der Waals surface area contributed by atoms with E-state index in [9.17, 15) is 13.2 Å². The molecule has 0 bridgehead atoms. The number of allylic oxidation sites excluding steroid dienone is 3. The van der Waals surface area contributed by atoms with Crippen LogP contribution in [-0.2, 0) is 0 Å². The van der Waals surface area contributed by atoms with Gasteiger partial charge in [-0.1, -0.05) is 20.4 Å². The molecule has 1 saturated carbocycles. The summed E-state index contributed by atoms with van der Waals surface area (Å²) in [6, 6.07) is 0. The van der Waals surface area contributed by atoms with Gasteiger partial charge in [0.25, 0.3) is 0 Å². The van der Waals surface area contributed by atoms with Gasteiger partial charge in [-0.05, 0) is 36.3 Å². The van der Waals surface area contributed by atoms with E-state index in [0.717, 1.165) is 13.3 Å². The standard InChI is InChI=1S/C11H15F3/c1-6-5-7(2)10(8(6)3)9(4)11(12,13)14/h6-7H,3,5H2,1-2,4H3/b10-9+. The highest BCUT2D eigenvalue weighted by molar-refractivity contribution is 5.41. The van der Waals surface area contributed by atoms with E-state index in [2.05, 4.69) is 6.58 Å². The van der Waals surface area contributed by atoms with E-state index >= 15 is 0 Å². The molecule has 1 rings (SSSR count). The number of rotatable bonds is 0. The summed E-state index contributed by atoms with van der Waals surface area (Å²) in [5, 5.41) is 0. The lowest BCUT2D eigenvalue weighted by Gasteiger charge is -2.14. The summed E-state index contributed by atoms with van der Waals surface area (Å²) in [7, 11) is 0. The highest BCUT2D eigenvalue weighted by atomic mass is 19.4. The predicted octanol–water partition coefficient (Wildman–Crippen LogP) is 4.10. The third-order valence-corrected chi connectivity index (χ3v) is 2.97. The van der Waals surface area contributed by atoms with Crippen LogP contribution in [0.1, 0.15) is 27.2 Å². The van der Waals surface area contributed by atoms with Crippen molar-refractivity contribution in [2.45, 2.75) is 33.4 Å². The van der Waals surface area contributed by atoms with Gasteiger partial charge in [-0.3, -0.25) is 0 Å². The maximum atomic E-state index is 12.5. The van der Waals surface area contributed by atoms with Crippen molar-refractivity contribution in [1.82, 2.24) is 0 Å². The number of hydrogen-bond acceptors (Lipinski definition) is 0. The SMILES string of the molecule is C=C1/C(=C(\C)C(F)(F)F)C(C)CC1C. The minimum atomic E-state index is -4.21. The van der Waals surface area contributed by atoms with E-state index in [4.69, 9.17) is 0 Å². The summed E-state index contributed by atoms with van der Waals surface area (Å²) in [5.74, 6) is 0.163. The summed E-state index contributed by atoms with van der Waals surface area (Å²) in [6.07, 6.45) is -3.43. The molecular weight excluding hydrogens is 189 g/mol. The quantitative estimate of drug-likeness (QED) is 0.557. The Morgan fingerprint density at radius 3 is 2.07 bits per heavy atom. The van der Waals surface area contributed by atoms with Gasteiger partial charge in [-0.2, -0.15) is 13.2 Å². The molecule has 0 nitrogen and oxygen atoms in total. The van der Waals surface area contributed by atoms with Crippen molar-refractivity contribution in [2.24, 2.45) is 11.8 Å². The van der Waals surface area contributed by atoms with E-state index in [1.165, 1.54) is 0 Å². The summed E-state index contributed by atoms with van der Waals surface area (Å²) in [5.41, 5.74) is 0.608. The fourth-order valence-electron chi connectivity index (χ4n) is 2.14. The van der Waals surface area contributed by atoms with Crippen molar-refractivity contribution < 1.29 is 13.2 Å². The van der Waals surface area contributed by atoms with Gasteiger partial charge in [0.05, 0.1) is 0 Å². The van der Waals surface area contributed by atoms with Gasteiger partial charge >= 0.3 is 6.18 Å². The van der Waals surface area contributed by atoms with Crippen molar-refractivity contribution in [3.8, 4) is 0 Å². The lowest BCUT2D eigenvalue weighted by Crippen LogP contribution is -2.13. The average molecular weight is 204 g/mol. The Balaban J connectivity index is 3.14. The van der Waals surface area contributed by atoms with Crippen LogP contribution in [0.2, 0.25) is 0 Å². The molecule has 2 unspecified atom stereocenters. The fraction of sp³-hybridized carbons (Fsp3) is 0.636. The Labute approximate surface area is 82.5 Å². The van der Waals surface area contributed by atoms with Crippen LogP contribution in [0.3, 0.4) is 0 Å². The topological polar surface area (TPSA) is 0 Å². The fourth-order valence-corrected chi connectivity index (χ4v) is 2.14. The van der Waals surface area contributed by atoms with Crippen LogP contribution in [0.15, 0.2) is 23.3 Å². The van der Waals surface area contributed by atoms with Crippen molar-refractivity contribution >= 4 is 0 Å². The van der Waals surface area contributed by atoms with Gasteiger partial charge in [0.15, 0.2) is 0 Å². The van der Waals surface area contributed by atoms with Crippen LogP contribution in [-0.4, -0.2) is 6.18 Å². The molecule has 1 aliphatic rings. The van der Waals surface area contributed by atoms with Crippen LogP contribution < -0.4 is 0 Å². The minimum Gasteiger partial charge on any atom is -0.166 e. The molecule has 3 heteroatoms. The third kappa shape index (κ3) is 1.86. The molecule has 0 amide bonds. The Bertz CT molecular complexity index is 283. The second-order valence-electron chi connectivity index (χ2n) is 4.10. The van der Waals surface area contributed by atoms with Crippen LogP contribution in [0, 0.1) is 11.8 Å². The molecule has 1 fully saturated rings. The third-order valence-electron chi connectivity index (χ3n) is 2.97. The largest absolute Gasteiger partial charge is 0.412 e. The second-order valence-corrected chi connectivity index (χ2v) is 4.10. The van der Waals surface area contributed by atoms with Gasteiger partial charge in [0, 0.05) is 5.57 Å². The maximum absolute atomic E-state index is 12.5. The number of hydrogen-bond donors (Lipinski definition) is 0. The first-order valence-electron chi connectivity index (χ1n) is 4.72. The van der Waals surface area contributed by atoms with Crippen molar-refractivity contribution in [3.05, 3.63) is 23.3 Å². The predicted molar refractivity (Wildman–Crippen MR) is 50.8 cm³/mol. The van der Waals surface area contributed by atoms with Crippen LogP contribution in [0.4, 0.5) is 13.2 Å². The zero-order valence-electron chi connectivity index (χ0n) is 8.70. The van der Waals surface area contributed by atoms with E-state index in [1.807, 2.05) is 13.8 Å². The lowest BCUT2D eigenvalue weighted by molar-refractivity contribution is -0.0923. The Morgan fingerprint density at radius 1 is 1.29 bits per heavy atom. The molecule has 0 spiro atoms. The monoisotopic (exact) mass is 204 g/mol. The zero-order valence-corrected chi connectivity index (χ0v) is 8.70. The summed E-state index contributed by atoms with van der Waals surface area (Å²) < 4.78 is 37.4. The maximum Gasteiger partial charge on any atom is 0.412 e. The van der Waals surface area contributed by atoms with Crippen molar-refractivity contribution in [3.63, 3.8) is 0 Å². The molecule has 0 radical (unpaired) electrons. The first-order valence-corrected chi connectivity index (χ1v) is 4.72. The second kappa shape index (κ2) is 3.44. The molecule has 0 aromatic carbocycles. The van der Waals surface area contributed by atoms with Gasteiger partial charge in [-0.25, -0.2) is 0 Å². The van der Waals surface area contributed by atoms with Crippen molar-refractivity contribution in [2.75, 3.05) is 0 Å². The summed E-state index contributed by atoms with van der Waals surface area (Å²) >= 11 is 0. The molecule has 0 aliphatic heterocycles. The van der Waals surface area contributed by atoms with Gasteiger partial charge in [0.1, 0.15) is 0 Å². The highest BCUT2D eigenvalue weighted by Crippen LogP contribution is 2.44. The van der Waals surface area contributed by atoms with E-state index in [-0.39, 0.29) is 11.8 Å². The molecular formula is C11H15F3. The Hall–Kier alpha value is -0.730. The van der Waals surface area contributed by atoms with Gasteiger partial charge in [-0.15, -0.1) is 0 Å². The molecule has 0 heterocycles. The first-order chi connectivity index (χ1) is 6.25. The molecule has 0 saturated heterocycles. The normalized spacial score (nSPS) is 32.3. The number of alkyl halides is 3. The lowest BCUT2D eigenvalue weighted by atomic mass is 9.97. The number of halogens is 3. The highest BCUT2D eigenvalue weighted by Gasteiger charge is 2.38. The molecule has 0 aromatic heterocycles. The average Bonchev–Trinajstić information content (AvgIpc) is 2.24. The smallest absolute Gasteiger partial charge is 0.166 e. The van der Waals surface area contributed by atoms with Crippen LogP contribution in [0.25, 0.3) is 0 Å². The van der Waals surface area contributed by atoms with Gasteiger partial charge < -0.3 is 0 Å². The molecule has 1 aliphatic carbocycles. The zero-order chi connectivity index (χ0) is 11.1. The van der Waals surface area contributed by atoms with Crippen molar-refractivity contribution in [1.29, 1.82) is 0 Å². The van der Waals surface area contributed by atoms with E-state index in [0.29, 0.717) is 11.1 Å². The molecule has 80 valence electrons.